The van der Waals surface area contributed by atoms with Gasteiger partial charge in [-0.1, -0.05) is 78.9 Å². The van der Waals surface area contributed by atoms with E-state index in [9.17, 15) is 0 Å². The van der Waals surface area contributed by atoms with Gasteiger partial charge in [0.15, 0.2) is 11.6 Å². The van der Waals surface area contributed by atoms with Gasteiger partial charge in [0.05, 0.1) is 0 Å². The predicted molar refractivity (Wildman–Crippen MR) is 118 cm³/mol. The van der Waals surface area contributed by atoms with Gasteiger partial charge in [0, 0.05) is 11.1 Å². The summed E-state index contributed by atoms with van der Waals surface area (Å²) in [6, 6.07) is 29.1. The maximum absolute atomic E-state index is 6.24. The maximum atomic E-state index is 6.24. The van der Waals surface area contributed by atoms with Crippen molar-refractivity contribution in [2.24, 2.45) is 0 Å². The van der Waals surface area contributed by atoms with Crippen LogP contribution in [0.1, 0.15) is 0 Å². The number of rotatable bonds is 2. The summed E-state index contributed by atoms with van der Waals surface area (Å²) in [6.45, 7) is 0. The van der Waals surface area contributed by atoms with Gasteiger partial charge in [-0.2, -0.15) is 9.97 Å². The quantitative estimate of drug-likeness (QED) is 0.331. The molecule has 0 saturated heterocycles. The van der Waals surface area contributed by atoms with Crippen molar-refractivity contribution < 1.29 is 0 Å². The second kappa shape index (κ2) is 6.23. The van der Waals surface area contributed by atoms with Crippen LogP contribution in [0.25, 0.3) is 55.8 Å². The summed E-state index contributed by atoms with van der Waals surface area (Å²) in [4.78, 5) is 13.4. The minimum atomic E-state index is 0.194. The number of nitrogens with zero attached hydrogens (tertiary/aromatic N) is 3. The van der Waals surface area contributed by atoms with Crippen LogP contribution in [-0.4, -0.2) is 15.0 Å². The topological polar surface area (TPSA) is 38.7 Å². The molecule has 0 amide bonds. The fourth-order valence-corrected chi connectivity index (χ4v) is 4.29. The molecule has 136 valence electrons. The Morgan fingerprint density at radius 3 is 1.97 bits per heavy atom. The highest BCUT2D eigenvalue weighted by atomic mass is 35.5. The molecular formula is C25H14ClN3. The summed E-state index contributed by atoms with van der Waals surface area (Å²) in [6.07, 6.45) is 0. The molecule has 5 aromatic rings. The molecule has 0 N–H and O–H groups in total. The van der Waals surface area contributed by atoms with E-state index in [-0.39, 0.29) is 5.28 Å². The van der Waals surface area contributed by atoms with Crippen molar-refractivity contribution in [3.05, 3.63) is 90.2 Å². The van der Waals surface area contributed by atoms with Crippen LogP contribution in [0, 0.1) is 0 Å². The van der Waals surface area contributed by atoms with E-state index in [0.29, 0.717) is 11.6 Å². The first kappa shape index (κ1) is 16.4. The minimum absolute atomic E-state index is 0.194. The number of hydrogen-bond donors (Lipinski definition) is 0. The van der Waals surface area contributed by atoms with Crippen molar-refractivity contribution in [3.8, 4) is 45.0 Å². The van der Waals surface area contributed by atoms with Crippen molar-refractivity contribution in [1.29, 1.82) is 0 Å². The highest BCUT2D eigenvalue weighted by Crippen LogP contribution is 2.47. The van der Waals surface area contributed by atoms with Gasteiger partial charge in [-0.25, -0.2) is 4.98 Å². The van der Waals surface area contributed by atoms with Crippen LogP contribution < -0.4 is 0 Å². The summed E-state index contributed by atoms with van der Waals surface area (Å²) in [5.41, 5.74) is 6.80. The largest absolute Gasteiger partial charge is 0.226 e. The highest BCUT2D eigenvalue weighted by Gasteiger charge is 2.22. The average molecular weight is 392 g/mol. The third-order valence-corrected chi connectivity index (χ3v) is 5.57. The van der Waals surface area contributed by atoms with Gasteiger partial charge in [0.1, 0.15) is 0 Å². The lowest BCUT2D eigenvalue weighted by Gasteiger charge is -2.08. The summed E-state index contributed by atoms with van der Waals surface area (Å²) >= 11 is 6.24. The Hall–Kier alpha value is -3.56. The van der Waals surface area contributed by atoms with E-state index in [2.05, 4.69) is 64.6 Å². The first-order chi connectivity index (χ1) is 14.3. The molecule has 6 rings (SSSR count). The first-order valence-corrected chi connectivity index (χ1v) is 9.80. The Morgan fingerprint density at radius 1 is 0.517 bits per heavy atom. The molecular weight excluding hydrogens is 378 g/mol. The zero-order chi connectivity index (χ0) is 19.4. The van der Waals surface area contributed by atoms with Crippen molar-refractivity contribution in [1.82, 2.24) is 15.0 Å². The molecule has 0 unspecified atom stereocenters. The second-order valence-electron chi connectivity index (χ2n) is 7.09. The Morgan fingerprint density at radius 2 is 1.21 bits per heavy atom. The third-order valence-electron chi connectivity index (χ3n) is 5.40. The van der Waals surface area contributed by atoms with Crippen molar-refractivity contribution in [2.45, 2.75) is 0 Å². The lowest BCUT2D eigenvalue weighted by Crippen LogP contribution is -1.97. The molecule has 0 radical (unpaired) electrons. The smallest absolute Gasteiger partial charge is 0.208 e. The van der Waals surface area contributed by atoms with Gasteiger partial charge < -0.3 is 0 Å². The average Bonchev–Trinajstić information content (AvgIpc) is 3.09. The van der Waals surface area contributed by atoms with Crippen molar-refractivity contribution in [3.63, 3.8) is 0 Å². The van der Waals surface area contributed by atoms with Crippen LogP contribution in [0.15, 0.2) is 84.9 Å². The highest BCUT2D eigenvalue weighted by molar-refractivity contribution is 6.28. The molecule has 4 heteroatoms. The molecule has 3 nitrogen and oxygen atoms in total. The minimum Gasteiger partial charge on any atom is -0.208 e. The Balaban J connectivity index is 1.54. The lowest BCUT2D eigenvalue weighted by molar-refractivity contribution is 1.07. The molecule has 0 bridgehead atoms. The van der Waals surface area contributed by atoms with Crippen LogP contribution in [0.3, 0.4) is 0 Å². The molecule has 29 heavy (non-hydrogen) atoms. The molecule has 0 aliphatic heterocycles. The lowest BCUT2D eigenvalue weighted by atomic mass is 10.0. The molecule has 1 aliphatic carbocycles. The van der Waals surface area contributed by atoms with E-state index in [1.54, 1.807) is 0 Å². The maximum Gasteiger partial charge on any atom is 0.226 e. The SMILES string of the molecule is Clc1nc(-c2ccccc2)nc(-c2ccc3c(c2)-c2cccc4cccc-3c24)n1. The number of aromatic nitrogens is 3. The molecule has 1 aromatic heterocycles. The Labute approximate surface area is 172 Å². The molecule has 0 spiro atoms. The monoisotopic (exact) mass is 391 g/mol. The number of fused-ring (bicyclic) bond motifs is 3. The van der Waals surface area contributed by atoms with Crippen molar-refractivity contribution >= 4 is 22.4 Å². The van der Waals surface area contributed by atoms with E-state index >= 15 is 0 Å². The van der Waals surface area contributed by atoms with Gasteiger partial charge in [0.2, 0.25) is 5.28 Å². The predicted octanol–water partition coefficient (Wildman–Crippen LogP) is 6.66. The molecule has 0 atom stereocenters. The summed E-state index contributed by atoms with van der Waals surface area (Å²) in [5.74, 6) is 1.15. The fraction of sp³-hybridized carbons (Fsp3) is 0. The fourth-order valence-electron chi connectivity index (χ4n) is 4.13. The van der Waals surface area contributed by atoms with Crippen LogP contribution in [-0.2, 0) is 0 Å². The van der Waals surface area contributed by atoms with Crippen LogP contribution >= 0.6 is 11.6 Å². The van der Waals surface area contributed by atoms with Crippen LogP contribution in [0.5, 0.6) is 0 Å². The van der Waals surface area contributed by atoms with Gasteiger partial charge in [0.25, 0.3) is 0 Å². The van der Waals surface area contributed by atoms with Gasteiger partial charge in [-0.05, 0) is 50.7 Å². The second-order valence-corrected chi connectivity index (χ2v) is 7.43. The summed E-state index contributed by atoms with van der Waals surface area (Å²) in [7, 11) is 0. The number of benzene rings is 4. The van der Waals surface area contributed by atoms with Crippen LogP contribution in [0.2, 0.25) is 5.28 Å². The van der Waals surface area contributed by atoms with Crippen LogP contribution in [0.4, 0.5) is 0 Å². The summed E-state index contributed by atoms with van der Waals surface area (Å²) in [5, 5.41) is 2.76. The van der Waals surface area contributed by atoms with Gasteiger partial charge >= 0.3 is 0 Å². The first-order valence-electron chi connectivity index (χ1n) is 9.42. The molecule has 0 fully saturated rings. The molecule has 1 aliphatic rings. The molecule has 0 saturated carbocycles. The zero-order valence-corrected chi connectivity index (χ0v) is 16.1. The van der Waals surface area contributed by atoms with E-state index < -0.39 is 0 Å². The summed E-state index contributed by atoms with van der Waals surface area (Å²) < 4.78 is 0. The Kier molecular flexibility index (Phi) is 3.52. The zero-order valence-electron chi connectivity index (χ0n) is 15.3. The molecule has 1 heterocycles. The number of halogens is 1. The van der Waals surface area contributed by atoms with E-state index in [4.69, 9.17) is 16.6 Å². The normalized spacial score (nSPS) is 11.6. The molecule has 4 aromatic carbocycles. The van der Waals surface area contributed by atoms with Gasteiger partial charge in [-0.15, -0.1) is 0 Å². The van der Waals surface area contributed by atoms with E-state index in [0.717, 1.165) is 11.1 Å². The van der Waals surface area contributed by atoms with E-state index in [1.165, 1.54) is 33.0 Å². The van der Waals surface area contributed by atoms with Crippen molar-refractivity contribution in [2.75, 3.05) is 0 Å². The van der Waals surface area contributed by atoms with E-state index in [1.807, 2.05) is 30.3 Å². The van der Waals surface area contributed by atoms with Gasteiger partial charge in [-0.3, -0.25) is 0 Å². The standard InChI is InChI=1S/C25H14ClN3/c26-25-28-23(16-6-2-1-3-7-16)27-24(29-25)17-12-13-18-19-10-4-8-15-9-5-11-20(22(15)19)21(18)14-17/h1-14H. The number of hydrogen-bond acceptors (Lipinski definition) is 3. The Bertz CT molecular complexity index is 1410. The third kappa shape index (κ3) is 2.55.